The molecule has 11 aromatic rings. The quantitative estimate of drug-likeness (QED) is 0.0457. The third-order valence-electron chi connectivity index (χ3n) is 14.0. The van der Waals surface area contributed by atoms with Gasteiger partial charge in [-0.2, -0.15) is 0 Å². The maximum Gasteiger partial charge on any atom is 0.266 e. The number of pyridine rings is 2. The van der Waals surface area contributed by atoms with Crippen LogP contribution in [-0.2, 0) is 13.1 Å². The first-order chi connectivity index (χ1) is 37.3. The van der Waals surface area contributed by atoms with Crippen LogP contribution >= 0.6 is 0 Å². The molecule has 13 rings (SSSR count). The molecule has 12 nitrogen and oxygen atoms in total. The molecule has 2 aliphatic rings. The van der Waals surface area contributed by atoms with Gasteiger partial charge in [-0.15, -0.1) is 0 Å². The SMILES string of the molecule is CCC[n+]1ccc(N2C(=O)c3cc(Oc4ccccc4)c4c5c(Oc6ccccc6)cc6c7c(cc(Oc8ccccc8)c(c8c(Oc9ccccc9)cc(c3c48)C2=O)c75)C(=O)N(c2cc[n+](CCC)cc2)C6=O)cc1. The minimum atomic E-state index is -0.562. The monoisotopic (exact) mass is 998 g/mol. The lowest BCUT2D eigenvalue weighted by Crippen LogP contribution is -2.41. The van der Waals surface area contributed by atoms with Crippen molar-refractivity contribution in [3.63, 3.8) is 0 Å². The second kappa shape index (κ2) is 18.5. The fraction of sp³-hybridized carbons (Fsp3) is 0.0938. The number of nitrogens with zero attached hydrogens (tertiary/aromatic N) is 4. The average Bonchev–Trinajstić information content (AvgIpc) is 3.49. The van der Waals surface area contributed by atoms with Crippen LogP contribution < -0.4 is 37.9 Å². The van der Waals surface area contributed by atoms with Crippen LogP contribution in [0.2, 0.25) is 0 Å². The first-order valence-corrected chi connectivity index (χ1v) is 25.3. The number of ether oxygens (including phenoxy) is 4. The van der Waals surface area contributed by atoms with Crippen LogP contribution in [0.4, 0.5) is 11.4 Å². The summed E-state index contributed by atoms with van der Waals surface area (Å²) < 4.78 is 32.0. The molecule has 12 heteroatoms. The molecule has 0 unspecified atom stereocenters. The number of anilines is 2. The van der Waals surface area contributed by atoms with Gasteiger partial charge in [-0.1, -0.05) is 86.6 Å². The Bertz CT molecular complexity index is 3660. The van der Waals surface area contributed by atoms with Gasteiger partial charge in [0.2, 0.25) is 0 Å². The third kappa shape index (κ3) is 7.52. The Hall–Kier alpha value is -9.94. The second-order valence-corrected chi connectivity index (χ2v) is 18.8. The van der Waals surface area contributed by atoms with Crippen LogP contribution in [0.15, 0.2) is 195 Å². The van der Waals surface area contributed by atoms with Crippen molar-refractivity contribution in [2.45, 2.75) is 39.8 Å². The smallest absolute Gasteiger partial charge is 0.266 e. The number of hydrogen-bond donors (Lipinski definition) is 0. The van der Waals surface area contributed by atoms with E-state index in [4.69, 9.17) is 18.9 Å². The van der Waals surface area contributed by atoms with Gasteiger partial charge in [0.15, 0.2) is 24.8 Å². The van der Waals surface area contributed by atoms with Gasteiger partial charge in [0, 0.05) is 80.2 Å². The zero-order chi connectivity index (χ0) is 51.6. The first kappa shape index (κ1) is 45.9. The molecule has 4 amide bonds. The van der Waals surface area contributed by atoms with Crippen molar-refractivity contribution in [3.8, 4) is 46.0 Å². The number of hydrogen-bond acceptors (Lipinski definition) is 8. The van der Waals surface area contributed by atoms with Crippen molar-refractivity contribution in [1.82, 2.24) is 0 Å². The molecule has 2 aliphatic heterocycles. The van der Waals surface area contributed by atoms with Gasteiger partial charge in [0.25, 0.3) is 23.6 Å². The number of fused-ring (bicyclic) bond motifs is 2. The molecule has 9 aromatic carbocycles. The van der Waals surface area contributed by atoms with Crippen molar-refractivity contribution < 1.29 is 47.3 Å². The summed E-state index contributed by atoms with van der Waals surface area (Å²) >= 11 is 0. The number of amides is 4. The standard InChI is InChI=1S/C64H46N4O8/c1-3-29-65-31-25-39(26-32-65)67-61(69)45-35-49(73-41-17-9-5-10-18-41)55-57-51(75-43-21-13-7-14-22-43)37-47-54-48(64(72)68(63(47)71)40-27-33-66(30-4-2)34-28-40)38-52(76-44-23-15-8-16-24-44)58(60(54)57)56-50(74-42-19-11-6-12-20-42)36-46(62(67)70)53(45)59(55)56/h5-28,31-38H,3-4,29-30H2,1-2H3/q+2. The summed E-state index contributed by atoms with van der Waals surface area (Å²) in [5.74, 6) is 0.542. The Morgan fingerprint density at radius 1 is 0.329 bits per heavy atom. The molecule has 0 spiro atoms. The number of carbonyl (C=O) groups excluding carboxylic acids is 4. The summed E-state index contributed by atoms with van der Waals surface area (Å²) in [5.41, 5.74) is 1.58. The van der Waals surface area contributed by atoms with Gasteiger partial charge < -0.3 is 18.9 Å². The minimum absolute atomic E-state index is 0.200. The van der Waals surface area contributed by atoms with Gasteiger partial charge >= 0.3 is 0 Å². The van der Waals surface area contributed by atoms with Crippen LogP contribution in [0, 0.1) is 0 Å². The van der Waals surface area contributed by atoms with Gasteiger partial charge in [0.1, 0.15) is 59.1 Å². The summed E-state index contributed by atoms with van der Waals surface area (Å²) in [4.78, 5) is 64.3. The van der Waals surface area contributed by atoms with Crippen molar-refractivity contribution in [2.24, 2.45) is 0 Å². The Kier molecular flexibility index (Phi) is 11.2. The topological polar surface area (TPSA) is 119 Å². The molecule has 0 N–H and O–H groups in total. The molecule has 0 atom stereocenters. The average molecular weight is 999 g/mol. The fourth-order valence-electron chi connectivity index (χ4n) is 10.8. The highest BCUT2D eigenvalue weighted by Gasteiger charge is 2.42. The molecular formula is C64H46N4O8+2. The predicted molar refractivity (Wildman–Crippen MR) is 290 cm³/mol. The molecule has 0 fully saturated rings. The van der Waals surface area contributed by atoms with Gasteiger partial charge in [-0.25, -0.2) is 18.9 Å². The van der Waals surface area contributed by atoms with Crippen molar-refractivity contribution in [2.75, 3.05) is 9.80 Å². The van der Waals surface area contributed by atoms with E-state index in [1.54, 1.807) is 48.5 Å². The number of carbonyl (C=O) groups is 4. The van der Waals surface area contributed by atoms with E-state index >= 15 is 19.2 Å². The summed E-state index contributed by atoms with van der Waals surface area (Å²) in [6, 6.07) is 50.6. The molecule has 368 valence electrons. The maximum atomic E-state index is 15.5. The van der Waals surface area contributed by atoms with Gasteiger partial charge in [0.05, 0.1) is 33.6 Å². The molecular weight excluding hydrogens is 953 g/mol. The number of aryl methyl sites for hydroxylation is 2. The normalized spacial score (nSPS) is 13.1. The lowest BCUT2D eigenvalue weighted by Gasteiger charge is -2.32. The second-order valence-electron chi connectivity index (χ2n) is 18.8. The molecule has 0 saturated carbocycles. The van der Waals surface area contributed by atoms with E-state index in [1.165, 1.54) is 9.80 Å². The Morgan fingerprint density at radius 2 is 0.579 bits per heavy atom. The van der Waals surface area contributed by atoms with E-state index in [-0.39, 0.29) is 45.3 Å². The highest BCUT2D eigenvalue weighted by molar-refractivity contribution is 6.48. The van der Waals surface area contributed by atoms with E-state index in [0.29, 0.717) is 77.5 Å². The van der Waals surface area contributed by atoms with Crippen molar-refractivity contribution in [3.05, 3.63) is 217 Å². The summed E-state index contributed by atoms with van der Waals surface area (Å²) in [7, 11) is 0. The van der Waals surface area contributed by atoms with Crippen molar-refractivity contribution in [1.29, 1.82) is 0 Å². The number of benzene rings is 9. The van der Waals surface area contributed by atoms with E-state index in [2.05, 4.69) is 13.8 Å². The summed E-state index contributed by atoms with van der Waals surface area (Å²) in [5, 5.41) is 3.33. The Morgan fingerprint density at radius 3 is 0.816 bits per heavy atom. The van der Waals surface area contributed by atoms with E-state index < -0.39 is 23.6 Å². The van der Waals surface area contributed by atoms with Crippen LogP contribution in [0.3, 0.4) is 0 Å². The minimum Gasteiger partial charge on any atom is -0.457 e. The number of imide groups is 2. The van der Waals surface area contributed by atoms with Crippen LogP contribution in [0.1, 0.15) is 68.1 Å². The van der Waals surface area contributed by atoms with Crippen LogP contribution in [-0.4, -0.2) is 23.6 Å². The van der Waals surface area contributed by atoms with Crippen LogP contribution in [0.5, 0.6) is 46.0 Å². The summed E-state index contributed by atoms with van der Waals surface area (Å²) in [6.45, 7) is 5.67. The van der Waals surface area contributed by atoms with Gasteiger partial charge in [-0.3, -0.25) is 19.2 Å². The zero-order valence-corrected chi connectivity index (χ0v) is 41.4. The largest absolute Gasteiger partial charge is 0.457 e. The lowest BCUT2D eigenvalue weighted by molar-refractivity contribution is -0.697. The molecule has 76 heavy (non-hydrogen) atoms. The third-order valence-corrected chi connectivity index (χ3v) is 14.0. The van der Waals surface area contributed by atoms with E-state index in [1.807, 2.05) is 155 Å². The lowest BCUT2D eigenvalue weighted by atomic mass is 9.80. The summed E-state index contributed by atoms with van der Waals surface area (Å²) in [6.07, 6.45) is 9.23. The van der Waals surface area contributed by atoms with Crippen LogP contribution in [0.25, 0.3) is 43.1 Å². The highest BCUT2D eigenvalue weighted by Crippen LogP contribution is 2.58. The number of aromatic nitrogens is 2. The molecule has 4 heterocycles. The molecule has 0 aliphatic carbocycles. The number of rotatable bonds is 14. The zero-order valence-electron chi connectivity index (χ0n) is 41.4. The molecule has 2 aromatic heterocycles. The van der Waals surface area contributed by atoms with E-state index in [0.717, 1.165) is 25.9 Å². The Balaban J connectivity index is 1.22. The van der Waals surface area contributed by atoms with E-state index in [9.17, 15) is 0 Å². The molecule has 0 saturated heterocycles. The molecule has 0 radical (unpaired) electrons. The molecule has 0 bridgehead atoms. The fourth-order valence-corrected chi connectivity index (χ4v) is 10.8. The maximum absolute atomic E-state index is 15.5. The first-order valence-electron chi connectivity index (χ1n) is 25.3. The number of para-hydroxylation sites is 4. The Labute approximate surface area is 436 Å². The van der Waals surface area contributed by atoms with Gasteiger partial charge in [-0.05, 0) is 72.8 Å². The van der Waals surface area contributed by atoms with Crippen molar-refractivity contribution >= 4 is 78.1 Å². The predicted octanol–water partition coefficient (Wildman–Crippen LogP) is 13.9. The highest BCUT2D eigenvalue weighted by atomic mass is 16.5.